The fourth-order valence-corrected chi connectivity index (χ4v) is 4.61. The zero-order valence-electron chi connectivity index (χ0n) is 20.4. The van der Waals surface area contributed by atoms with Crippen molar-refractivity contribution < 1.29 is 27.8 Å². The van der Waals surface area contributed by atoms with Crippen LogP contribution in [-0.4, -0.2) is 68.8 Å². The third-order valence-electron chi connectivity index (χ3n) is 6.35. The Balaban J connectivity index is 1.78. The van der Waals surface area contributed by atoms with Crippen molar-refractivity contribution in [2.24, 2.45) is 0 Å². The maximum absolute atomic E-state index is 14.7. The number of nitrogens with zero attached hydrogens (tertiary/aromatic N) is 1. The molecule has 7 nitrogen and oxygen atoms in total. The summed E-state index contributed by atoms with van der Waals surface area (Å²) in [7, 11) is 4.98. The number of carbonyl (C=O) groups is 2. The molecule has 0 radical (unpaired) electrons. The Morgan fingerprint density at radius 3 is 2.44 bits per heavy atom. The molecule has 3 atom stereocenters. The van der Waals surface area contributed by atoms with Crippen LogP contribution in [0.2, 0.25) is 0 Å². The van der Waals surface area contributed by atoms with E-state index in [2.05, 4.69) is 10.6 Å². The maximum Gasteiger partial charge on any atom is 0.337 e. The zero-order chi connectivity index (χ0) is 25.9. The summed E-state index contributed by atoms with van der Waals surface area (Å²) in [5.41, 5.74) is -0.839. The second kappa shape index (κ2) is 10.6. The van der Waals surface area contributed by atoms with Crippen LogP contribution < -0.4 is 10.6 Å². The van der Waals surface area contributed by atoms with Crippen molar-refractivity contribution in [1.82, 2.24) is 10.2 Å². The van der Waals surface area contributed by atoms with Gasteiger partial charge in [-0.1, -0.05) is 42.5 Å². The summed E-state index contributed by atoms with van der Waals surface area (Å²) >= 11 is 0. The Labute approximate surface area is 208 Å². The van der Waals surface area contributed by atoms with Crippen molar-refractivity contribution in [2.45, 2.75) is 24.2 Å². The van der Waals surface area contributed by atoms with E-state index >= 15 is 0 Å². The first kappa shape index (κ1) is 25.5. The van der Waals surface area contributed by atoms with E-state index in [0.717, 1.165) is 17.7 Å². The molecule has 2 aromatic rings. The molecule has 4 rings (SSSR count). The number of carbonyl (C=O) groups excluding carboxylic acids is 2. The van der Waals surface area contributed by atoms with Gasteiger partial charge in [0.25, 0.3) is 5.91 Å². The van der Waals surface area contributed by atoms with Crippen LogP contribution in [0.5, 0.6) is 0 Å². The second-order valence-corrected chi connectivity index (χ2v) is 9.01. The standard InChI is InChI=1S/C27H29F2N3O4/c1-32(2)15-14-30-25(33)22-20-12-13-27(36-20,23(22)26(34)35-3)21(16-17-8-5-4-6-9-17)31-24-18(28)10-7-11-19(24)29/h4-13,20-21,31H,14-16H2,1-3H3,(H,30,33). The molecule has 36 heavy (non-hydrogen) atoms. The van der Waals surface area contributed by atoms with Crippen LogP contribution >= 0.6 is 0 Å². The number of anilines is 1. The maximum atomic E-state index is 14.7. The van der Waals surface area contributed by atoms with Gasteiger partial charge in [0, 0.05) is 13.1 Å². The Morgan fingerprint density at radius 2 is 1.81 bits per heavy atom. The number of fused-ring (bicyclic) bond motifs is 2. The van der Waals surface area contributed by atoms with Gasteiger partial charge < -0.3 is 25.0 Å². The molecule has 190 valence electrons. The predicted molar refractivity (Wildman–Crippen MR) is 131 cm³/mol. The molecule has 2 bridgehead atoms. The summed E-state index contributed by atoms with van der Waals surface area (Å²) in [4.78, 5) is 28.2. The van der Waals surface area contributed by atoms with Crippen LogP contribution in [-0.2, 0) is 25.5 Å². The lowest BCUT2D eigenvalue weighted by Crippen LogP contribution is -2.50. The molecule has 0 spiro atoms. The van der Waals surface area contributed by atoms with Crippen LogP contribution in [0.1, 0.15) is 5.56 Å². The first-order valence-corrected chi connectivity index (χ1v) is 11.6. The Bertz CT molecular complexity index is 1180. The van der Waals surface area contributed by atoms with Crippen molar-refractivity contribution in [2.75, 3.05) is 39.6 Å². The van der Waals surface area contributed by atoms with Gasteiger partial charge in [0.2, 0.25) is 0 Å². The molecule has 0 saturated carbocycles. The van der Waals surface area contributed by atoms with E-state index in [9.17, 15) is 18.4 Å². The summed E-state index contributed by atoms with van der Waals surface area (Å²) < 4.78 is 40.7. The minimum atomic E-state index is -1.49. The van der Waals surface area contributed by atoms with Gasteiger partial charge in [-0.25, -0.2) is 13.6 Å². The van der Waals surface area contributed by atoms with Gasteiger partial charge >= 0.3 is 5.97 Å². The van der Waals surface area contributed by atoms with E-state index in [1.54, 1.807) is 12.2 Å². The zero-order valence-corrected chi connectivity index (χ0v) is 20.4. The number of hydrogen-bond donors (Lipinski definition) is 2. The molecule has 3 unspecified atom stereocenters. The van der Waals surface area contributed by atoms with Crippen molar-refractivity contribution in [3.8, 4) is 0 Å². The van der Waals surface area contributed by atoms with Gasteiger partial charge in [-0.15, -0.1) is 0 Å². The number of likely N-dealkylation sites (N-methyl/N-ethyl adjacent to an activating group) is 1. The van der Waals surface area contributed by atoms with Gasteiger partial charge in [-0.05, 0) is 44.3 Å². The SMILES string of the molecule is COC(=O)C1=C(C(=O)NCCN(C)C)C2C=CC1(C(Cc1ccccc1)Nc1c(F)cccc1F)O2. The van der Waals surface area contributed by atoms with E-state index in [-0.39, 0.29) is 23.3 Å². The van der Waals surface area contributed by atoms with E-state index in [1.165, 1.54) is 13.2 Å². The van der Waals surface area contributed by atoms with Gasteiger partial charge in [0.05, 0.1) is 24.3 Å². The summed E-state index contributed by atoms with van der Waals surface area (Å²) in [6.45, 7) is 0.961. The molecule has 0 aromatic heterocycles. The van der Waals surface area contributed by atoms with E-state index in [0.29, 0.717) is 13.1 Å². The third-order valence-corrected chi connectivity index (χ3v) is 6.35. The molecule has 9 heteroatoms. The molecular weight excluding hydrogens is 468 g/mol. The van der Waals surface area contributed by atoms with E-state index < -0.39 is 41.3 Å². The molecule has 2 aliphatic heterocycles. The summed E-state index contributed by atoms with van der Waals surface area (Å²) in [6, 6.07) is 12.0. The first-order valence-electron chi connectivity index (χ1n) is 11.6. The Kier molecular flexibility index (Phi) is 7.51. The normalized spacial score (nSPS) is 21.1. The van der Waals surface area contributed by atoms with Gasteiger partial charge in [0.15, 0.2) is 0 Å². The molecule has 2 heterocycles. The fraction of sp³-hybridized carbons (Fsp3) is 0.333. The highest BCUT2D eigenvalue weighted by Crippen LogP contribution is 2.47. The van der Waals surface area contributed by atoms with Crippen LogP contribution in [0.3, 0.4) is 0 Å². The average molecular weight is 498 g/mol. The van der Waals surface area contributed by atoms with Crippen LogP contribution in [0.25, 0.3) is 0 Å². The lowest BCUT2D eigenvalue weighted by molar-refractivity contribution is -0.138. The minimum Gasteiger partial charge on any atom is -0.466 e. The lowest BCUT2D eigenvalue weighted by atomic mass is 9.78. The summed E-state index contributed by atoms with van der Waals surface area (Å²) in [5, 5.41) is 5.77. The molecule has 1 amide bonds. The average Bonchev–Trinajstić information content (AvgIpc) is 3.43. The van der Waals surface area contributed by atoms with Gasteiger partial charge in [0.1, 0.15) is 29.0 Å². The minimum absolute atomic E-state index is 0.0185. The highest BCUT2D eigenvalue weighted by molar-refractivity contribution is 6.07. The smallest absolute Gasteiger partial charge is 0.337 e. The fourth-order valence-electron chi connectivity index (χ4n) is 4.61. The number of halogens is 2. The number of nitrogens with one attached hydrogen (secondary N) is 2. The van der Waals surface area contributed by atoms with E-state index in [1.807, 2.05) is 49.3 Å². The quantitative estimate of drug-likeness (QED) is 0.388. The third kappa shape index (κ3) is 4.89. The van der Waals surface area contributed by atoms with Crippen molar-refractivity contribution in [3.63, 3.8) is 0 Å². The number of hydrogen-bond acceptors (Lipinski definition) is 6. The van der Waals surface area contributed by atoms with Crippen LogP contribution in [0.4, 0.5) is 14.5 Å². The number of benzene rings is 2. The van der Waals surface area contributed by atoms with Crippen LogP contribution in [0.15, 0.2) is 71.8 Å². The van der Waals surface area contributed by atoms with Gasteiger partial charge in [-0.2, -0.15) is 0 Å². The summed E-state index contributed by atoms with van der Waals surface area (Å²) in [5.74, 6) is -2.77. The molecular formula is C27H29F2N3O4. The lowest BCUT2D eigenvalue weighted by Gasteiger charge is -2.36. The number of para-hydroxylation sites is 1. The molecule has 0 saturated heterocycles. The predicted octanol–water partition coefficient (Wildman–Crippen LogP) is 2.84. The number of esters is 1. The number of ether oxygens (including phenoxy) is 2. The number of amides is 1. The van der Waals surface area contributed by atoms with Crippen molar-refractivity contribution >= 4 is 17.6 Å². The summed E-state index contributed by atoms with van der Waals surface area (Å²) in [6.07, 6.45) is 2.79. The highest BCUT2D eigenvalue weighted by atomic mass is 19.1. The Hall–Kier alpha value is -3.56. The second-order valence-electron chi connectivity index (χ2n) is 9.01. The largest absolute Gasteiger partial charge is 0.466 e. The molecule has 0 aliphatic carbocycles. The number of methoxy groups -OCH3 is 1. The van der Waals surface area contributed by atoms with Crippen molar-refractivity contribution in [3.05, 3.63) is 89.0 Å². The van der Waals surface area contributed by atoms with Crippen molar-refractivity contribution in [1.29, 1.82) is 0 Å². The topological polar surface area (TPSA) is 79.9 Å². The van der Waals surface area contributed by atoms with Crippen LogP contribution in [0, 0.1) is 11.6 Å². The molecule has 2 N–H and O–H groups in total. The monoisotopic (exact) mass is 497 g/mol. The first-order chi connectivity index (χ1) is 17.3. The number of rotatable bonds is 10. The molecule has 2 aliphatic rings. The van der Waals surface area contributed by atoms with Gasteiger partial charge in [-0.3, -0.25) is 4.79 Å². The Morgan fingerprint density at radius 1 is 1.11 bits per heavy atom. The highest BCUT2D eigenvalue weighted by Gasteiger charge is 2.58. The van der Waals surface area contributed by atoms with E-state index in [4.69, 9.17) is 9.47 Å². The molecule has 2 aromatic carbocycles. The molecule has 0 fully saturated rings.